The SMILES string of the molecule is O=C(NNC(=O)C1CCS(=O)(=O)C1)c1ccc(Br)s1. The van der Waals surface area contributed by atoms with Gasteiger partial charge >= 0.3 is 0 Å². The lowest BCUT2D eigenvalue weighted by atomic mass is 10.1. The van der Waals surface area contributed by atoms with E-state index in [-0.39, 0.29) is 11.5 Å². The first-order valence-corrected chi connectivity index (χ1v) is 8.86. The number of sulfone groups is 1. The fourth-order valence-corrected chi connectivity index (χ4v) is 4.74. The Labute approximate surface area is 122 Å². The summed E-state index contributed by atoms with van der Waals surface area (Å²) in [5.41, 5.74) is 4.53. The minimum absolute atomic E-state index is 0.0247. The van der Waals surface area contributed by atoms with E-state index < -0.39 is 27.6 Å². The zero-order chi connectivity index (χ0) is 14.0. The third-order valence-corrected chi connectivity index (χ3v) is 6.09. The summed E-state index contributed by atoms with van der Waals surface area (Å²) in [5.74, 6) is -1.61. The number of hydrogen-bond acceptors (Lipinski definition) is 5. The van der Waals surface area contributed by atoms with Crippen molar-refractivity contribution in [2.24, 2.45) is 5.92 Å². The minimum Gasteiger partial charge on any atom is -0.273 e. The Bertz CT molecular complexity index is 611. The molecule has 0 spiro atoms. The van der Waals surface area contributed by atoms with Gasteiger partial charge in [0, 0.05) is 0 Å². The molecule has 2 amide bonds. The second-order valence-corrected chi connectivity index (χ2v) is 8.84. The van der Waals surface area contributed by atoms with Crippen molar-refractivity contribution < 1.29 is 18.0 Å². The molecule has 1 unspecified atom stereocenters. The van der Waals surface area contributed by atoms with Crippen LogP contribution in [0.5, 0.6) is 0 Å². The molecule has 1 aromatic rings. The maximum Gasteiger partial charge on any atom is 0.279 e. The van der Waals surface area contributed by atoms with Crippen molar-refractivity contribution in [1.82, 2.24) is 10.9 Å². The fraction of sp³-hybridized carbons (Fsp3) is 0.400. The van der Waals surface area contributed by atoms with Crippen LogP contribution in [0.2, 0.25) is 0 Å². The Morgan fingerprint density at radius 3 is 2.58 bits per heavy atom. The topological polar surface area (TPSA) is 92.3 Å². The third-order valence-electron chi connectivity index (χ3n) is 2.70. The van der Waals surface area contributed by atoms with Gasteiger partial charge in [-0.3, -0.25) is 20.4 Å². The van der Waals surface area contributed by atoms with Crippen LogP contribution in [0.4, 0.5) is 0 Å². The molecule has 1 aliphatic rings. The van der Waals surface area contributed by atoms with E-state index in [1.165, 1.54) is 11.3 Å². The smallest absolute Gasteiger partial charge is 0.273 e. The first kappa shape index (κ1) is 14.5. The van der Waals surface area contributed by atoms with Crippen molar-refractivity contribution in [3.05, 3.63) is 20.8 Å². The van der Waals surface area contributed by atoms with Crippen LogP contribution >= 0.6 is 27.3 Å². The van der Waals surface area contributed by atoms with Crippen LogP contribution < -0.4 is 10.9 Å². The Morgan fingerprint density at radius 1 is 1.32 bits per heavy atom. The van der Waals surface area contributed by atoms with Crippen molar-refractivity contribution in [3.8, 4) is 0 Å². The van der Waals surface area contributed by atoms with Gasteiger partial charge in [0.1, 0.15) is 0 Å². The largest absolute Gasteiger partial charge is 0.279 e. The molecular weight excluding hydrogens is 356 g/mol. The molecule has 0 aliphatic carbocycles. The second-order valence-electron chi connectivity index (χ2n) is 4.15. The summed E-state index contributed by atoms with van der Waals surface area (Å²) < 4.78 is 23.3. The molecule has 1 aromatic heterocycles. The zero-order valence-corrected chi connectivity index (χ0v) is 12.9. The van der Waals surface area contributed by atoms with Gasteiger partial charge in [0.2, 0.25) is 5.91 Å². The van der Waals surface area contributed by atoms with Gasteiger partial charge in [-0.2, -0.15) is 0 Å². The van der Waals surface area contributed by atoms with Crippen LogP contribution in [-0.4, -0.2) is 31.7 Å². The van der Waals surface area contributed by atoms with Crippen molar-refractivity contribution in [3.63, 3.8) is 0 Å². The predicted octanol–water partition coefficient (Wildman–Crippen LogP) is 0.706. The highest BCUT2D eigenvalue weighted by atomic mass is 79.9. The number of carbonyl (C=O) groups excluding carboxylic acids is 2. The molecule has 0 aromatic carbocycles. The average Bonchev–Trinajstić information content (AvgIpc) is 2.91. The highest BCUT2D eigenvalue weighted by Crippen LogP contribution is 2.22. The molecule has 6 nitrogen and oxygen atoms in total. The van der Waals surface area contributed by atoms with Gasteiger partial charge < -0.3 is 0 Å². The van der Waals surface area contributed by atoms with Crippen molar-refractivity contribution >= 4 is 48.9 Å². The number of amides is 2. The number of rotatable bonds is 2. The fourth-order valence-electron chi connectivity index (χ4n) is 1.72. The number of carbonyl (C=O) groups is 2. The van der Waals surface area contributed by atoms with Crippen LogP contribution in [0, 0.1) is 5.92 Å². The van der Waals surface area contributed by atoms with Crippen molar-refractivity contribution in [1.29, 1.82) is 0 Å². The number of halogens is 1. The van der Waals surface area contributed by atoms with Crippen molar-refractivity contribution in [2.45, 2.75) is 6.42 Å². The first-order valence-electron chi connectivity index (χ1n) is 5.43. The Balaban J connectivity index is 1.86. The highest BCUT2D eigenvalue weighted by molar-refractivity contribution is 9.11. The summed E-state index contributed by atoms with van der Waals surface area (Å²) in [6.45, 7) is 0. The molecule has 2 rings (SSSR count). The molecule has 0 bridgehead atoms. The van der Waals surface area contributed by atoms with E-state index in [2.05, 4.69) is 26.8 Å². The van der Waals surface area contributed by atoms with Gasteiger partial charge in [0.05, 0.1) is 26.1 Å². The molecular formula is C10H11BrN2O4S2. The molecule has 1 saturated heterocycles. The molecule has 0 saturated carbocycles. The van der Waals surface area contributed by atoms with Gasteiger partial charge in [0.15, 0.2) is 9.84 Å². The van der Waals surface area contributed by atoms with Gasteiger partial charge in [-0.1, -0.05) is 0 Å². The second kappa shape index (κ2) is 5.59. The summed E-state index contributed by atoms with van der Waals surface area (Å²) in [7, 11) is -3.11. The summed E-state index contributed by atoms with van der Waals surface area (Å²) in [5, 5.41) is 0. The molecule has 1 atom stereocenters. The van der Waals surface area contributed by atoms with Gasteiger partial charge in [0.25, 0.3) is 5.91 Å². The van der Waals surface area contributed by atoms with E-state index in [4.69, 9.17) is 0 Å². The Morgan fingerprint density at radius 2 is 2.05 bits per heavy atom. The van der Waals surface area contributed by atoms with Crippen molar-refractivity contribution in [2.75, 3.05) is 11.5 Å². The molecule has 0 radical (unpaired) electrons. The van der Waals surface area contributed by atoms with E-state index in [1.54, 1.807) is 12.1 Å². The maximum absolute atomic E-state index is 11.7. The third kappa shape index (κ3) is 3.77. The molecule has 1 aliphatic heterocycles. The molecule has 9 heteroatoms. The van der Waals surface area contributed by atoms with Crippen LogP contribution in [0.3, 0.4) is 0 Å². The summed E-state index contributed by atoms with van der Waals surface area (Å²) in [4.78, 5) is 23.8. The number of hydrazine groups is 1. The van der Waals surface area contributed by atoms with E-state index in [9.17, 15) is 18.0 Å². The molecule has 19 heavy (non-hydrogen) atoms. The number of nitrogens with one attached hydrogen (secondary N) is 2. The van der Waals surface area contributed by atoms with Crippen LogP contribution in [0.25, 0.3) is 0 Å². The Hall–Kier alpha value is -0.930. The minimum atomic E-state index is -3.11. The summed E-state index contributed by atoms with van der Waals surface area (Å²) >= 11 is 4.47. The average molecular weight is 367 g/mol. The van der Waals surface area contributed by atoms with Crippen LogP contribution in [0.15, 0.2) is 15.9 Å². The molecule has 2 N–H and O–H groups in total. The van der Waals surface area contributed by atoms with Gasteiger partial charge in [-0.15, -0.1) is 11.3 Å². The highest BCUT2D eigenvalue weighted by Gasteiger charge is 2.33. The number of thiophene rings is 1. The lowest BCUT2D eigenvalue weighted by molar-refractivity contribution is -0.125. The summed E-state index contributed by atoms with van der Waals surface area (Å²) in [6, 6.07) is 3.35. The normalized spacial score (nSPS) is 21.0. The molecule has 104 valence electrons. The lowest BCUT2D eigenvalue weighted by Gasteiger charge is -2.09. The van der Waals surface area contributed by atoms with E-state index in [0.29, 0.717) is 11.3 Å². The van der Waals surface area contributed by atoms with Gasteiger partial charge in [-0.25, -0.2) is 8.42 Å². The van der Waals surface area contributed by atoms with Crippen LogP contribution in [0.1, 0.15) is 16.1 Å². The molecule has 2 heterocycles. The quantitative estimate of drug-likeness (QED) is 0.753. The van der Waals surface area contributed by atoms with E-state index >= 15 is 0 Å². The maximum atomic E-state index is 11.7. The lowest BCUT2D eigenvalue weighted by Crippen LogP contribution is -2.44. The van der Waals surface area contributed by atoms with Crippen LogP contribution in [-0.2, 0) is 14.6 Å². The number of hydrogen-bond donors (Lipinski definition) is 2. The standard InChI is InChI=1S/C10H11BrN2O4S2/c11-8-2-1-7(18-8)10(15)13-12-9(14)6-3-4-19(16,17)5-6/h1-2,6H,3-5H2,(H,12,14)(H,13,15). The Kier molecular flexibility index (Phi) is 4.26. The van der Waals surface area contributed by atoms with E-state index in [1.807, 2.05) is 0 Å². The summed E-state index contributed by atoms with van der Waals surface area (Å²) in [6.07, 6.45) is 0.300. The van der Waals surface area contributed by atoms with Gasteiger partial charge in [-0.05, 0) is 34.5 Å². The van der Waals surface area contributed by atoms with E-state index in [0.717, 1.165) is 3.79 Å². The molecule has 1 fully saturated rings. The zero-order valence-electron chi connectivity index (χ0n) is 9.68. The first-order chi connectivity index (χ1) is 8.87. The monoisotopic (exact) mass is 366 g/mol. The predicted molar refractivity (Wildman–Crippen MR) is 74.4 cm³/mol.